The molecule has 3 aromatic heterocycles. The molecule has 1 aliphatic heterocycles. The molecule has 1 saturated heterocycles. The summed E-state index contributed by atoms with van der Waals surface area (Å²) in [5.41, 5.74) is 1.53. The normalized spacial score (nSPS) is 22.9. The number of nitrogens with zero attached hydrogens (tertiary/aromatic N) is 4. The molecule has 2 fully saturated rings. The van der Waals surface area contributed by atoms with Crippen molar-refractivity contribution in [2.45, 2.75) is 43.9 Å². The molecular weight excluding hydrogens is 362 g/mol. The Morgan fingerprint density at radius 3 is 3.14 bits per heavy atom. The number of imidazole rings is 1. The molecule has 1 amide bonds. The van der Waals surface area contributed by atoms with E-state index in [9.17, 15) is 4.79 Å². The van der Waals surface area contributed by atoms with Crippen LogP contribution in [0.4, 0.5) is 16.6 Å². The van der Waals surface area contributed by atoms with Crippen LogP contribution < -0.4 is 10.6 Å². The van der Waals surface area contributed by atoms with Crippen molar-refractivity contribution in [3.8, 4) is 0 Å². The van der Waals surface area contributed by atoms with Crippen molar-refractivity contribution in [2.24, 2.45) is 0 Å². The van der Waals surface area contributed by atoms with E-state index in [1.54, 1.807) is 12.4 Å². The summed E-state index contributed by atoms with van der Waals surface area (Å²) < 4.78 is 13.1. The van der Waals surface area contributed by atoms with Gasteiger partial charge < -0.3 is 20.1 Å². The highest BCUT2D eigenvalue weighted by Crippen LogP contribution is 2.35. The molecule has 1 aliphatic carbocycles. The van der Waals surface area contributed by atoms with Crippen LogP contribution >= 0.6 is 0 Å². The number of anilines is 2. The minimum absolute atomic E-state index is 0.0912. The second-order valence-electron chi connectivity index (χ2n) is 7.53. The molecule has 0 bridgehead atoms. The third kappa shape index (κ3) is 3.38. The zero-order valence-electron chi connectivity index (χ0n) is 15.4. The second kappa shape index (κ2) is 6.48. The Kier molecular flexibility index (Phi) is 3.93. The first-order valence-corrected chi connectivity index (χ1v) is 9.29. The summed E-state index contributed by atoms with van der Waals surface area (Å²) in [6.07, 6.45) is 6.96. The van der Waals surface area contributed by atoms with Crippen molar-refractivity contribution in [3.05, 3.63) is 36.4 Å². The van der Waals surface area contributed by atoms with E-state index in [4.69, 9.17) is 9.47 Å². The smallest absolute Gasteiger partial charge is 0.407 e. The molecule has 146 valence electrons. The summed E-state index contributed by atoms with van der Waals surface area (Å²) >= 11 is 0. The number of rotatable bonds is 5. The Labute approximate surface area is 160 Å². The summed E-state index contributed by atoms with van der Waals surface area (Å²) in [5.74, 6) is 1.24. The Morgan fingerprint density at radius 2 is 2.29 bits per heavy atom. The van der Waals surface area contributed by atoms with Crippen molar-refractivity contribution >= 4 is 23.5 Å². The summed E-state index contributed by atoms with van der Waals surface area (Å²) in [7, 11) is 0. The summed E-state index contributed by atoms with van der Waals surface area (Å²) in [6.45, 7) is 2.38. The van der Waals surface area contributed by atoms with Gasteiger partial charge in [0, 0.05) is 36.6 Å². The highest BCUT2D eigenvalue weighted by Gasteiger charge is 2.40. The molecular formula is C18H21N7O3. The second-order valence-corrected chi connectivity index (χ2v) is 7.53. The summed E-state index contributed by atoms with van der Waals surface area (Å²) in [5, 5.41) is 13.3. The zero-order valence-corrected chi connectivity index (χ0v) is 15.4. The fourth-order valence-electron chi connectivity index (χ4n) is 3.26. The number of hydrogen-bond acceptors (Lipinski definition) is 7. The van der Waals surface area contributed by atoms with Crippen LogP contribution in [0.1, 0.15) is 38.0 Å². The van der Waals surface area contributed by atoms with Gasteiger partial charge in [0.25, 0.3) is 0 Å². The number of nitrogens with one attached hydrogen (secondary N) is 3. The maximum Gasteiger partial charge on any atom is 0.407 e. The standard InChI is InChI=1S/C18H21N7O3/c1-18(3-4-18)22-17(26)28-11-8-13(27-10-11)12-9-14(24-23-12)21-16-20-5-2-15-19-6-7-25(15)16/h2,5-7,9,11,13H,3-4,8,10H2,1H3,(H,22,26)(H2,20,21,23,24)/t11-,13-/m1/s1. The molecule has 0 aromatic carbocycles. The first kappa shape index (κ1) is 17.0. The Bertz CT molecular complexity index is 1010. The topological polar surface area (TPSA) is 118 Å². The molecule has 2 aliphatic rings. The van der Waals surface area contributed by atoms with Crippen LogP contribution in [0.3, 0.4) is 0 Å². The predicted octanol–water partition coefficient (Wildman–Crippen LogP) is 2.30. The molecule has 10 heteroatoms. The van der Waals surface area contributed by atoms with Crippen LogP contribution in [0, 0.1) is 0 Å². The SMILES string of the molecule is CC1(NC(=O)O[C@H]2CO[C@@H](c3cc(Nc4nccc5nccn45)n[nH]3)C2)CC1. The molecule has 2 atom stereocenters. The monoisotopic (exact) mass is 383 g/mol. The maximum atomic E-state index is 12.0. The molecule has 0 unspecified atom stereocenters. The van der Waals surface area contributed by atoms with Crippen molar-refractivity contribution < 1.29 is 14.3 Å². The lowest BCUT2D eigenvalue weighted by Gasteiger charge is -2.15. The van der Waals surface area contributed by atoms with E-state index in [1.807, 2.05) is 29.7 Å². The van der Waals surface area contributed by atoms with Crippen LogP contribution in [-0.4, -0.2) is 48.9 Å². The third-order valence-electron chi connectivity index (χ3n) is 5.14. The van der Waals surface area contributed by atoms with E-state index in [0.29, 0.717) is 24.8 Å². The van der Waals surface area contributed by atoms with Gasteiger partial charge in [0.1, 0.15) is 17.9 Å². The van der Waals surface area contributed by atoms with E-state index in [0.717, 1.165) is 24.2 Å². The van der Waals surface area contributed by atoms with E-state index in [2.05, 4.69) is 30.8 Å². The Balaban J connectivity index is 1.20. The maximum absolute atomic E-state index is 12.0. The molecule has 28 heavy (non-hydrogen) atoms. The van der Waals surface area contributed by atoms with Crippen LogP contribution in [0.2, 0.25) is 0 Å². The fourth-order valence-corrected chi connectivity index (χ4v) is 3.26. The van der Waals surface area contributed by atoms with E-state index < -0.39 is 0 Å². The molecule has 4 heterocycles. The van der Waals surface area contributed by atoms with Gasteiger partial charge in [-0.2, -0.15) is 5.10 Å². The number of aromatic nitrogens is 5. The Hall–Kier alpha value is -3.14. The first-order chi connectivity index (χ1) is 13.6. The average molecular weight is 383 g/mol. The number of carbonyl (C=O) groups is 1. The number of H-pyrrole nitrogens is 1. The highest BCUT2D eigenvalue weighted by atomic mass is 16.6. The van der Waals surface area contributed by atoms with Gasteiger partial charge in [0.2, 0.25) is 5.95 Å². The van der Waals surface area contributed by atoms with Crippen molar-refractivity contribution in [1.29, 1.82) is 0 Å². The quantitative estimate of drug-likeness (QED) is 0.618. The number of hydrogen-bond donors (Lipinski definition) is 3. The van der Waals surface area contributed by atoms with Gasteiger partial charge in [-0.05, 0) is 25.8 Å². The number of aromatic amines is 1. The zero-order chi connectivity index (χ0) is 19.1. The third-order valence-corrected chi connectivity index (χ3v) is 5.14. The van der Waals surface area contributed by atoms with Gasteiger partial charge in [0.05, 0.1) is 12.3 Å². The van der Waals surface area contributed by atoms with Crippen LogP contribution in [0.5, 0.6) is 0 Å². The molecule has 10 nitrogen and oxygen atoms in total. The van der Waals surface area contributed by atoms with Crippen molar-refractivity contribution in [1.82, 2.24) is 29.9 Å². The summed E-state index contributed by atoms with van der Waals surface area (Å²) in [4.78, 5) is 20.5. The molecule has 3 aromatic rings. The average Bonchev–Trinajstić information content (AvgIpc) is 3.13. The van der Waals surface area contributed by atoms with Crippen LogP contribution in [0.15, 0.2) is 30.7 Å². The molecule has 0 spiro atoms. The minimum atomic E-state index is -0.374. The van der Waals surface area contributed by atoms with Crippen LogP contribution in [0.25, 0.3) is 5.65 Å². The number of fused-ring (bicyclic) bond motifs is 1. The summed E-state index contributed by atoms with van der Waals surface area (Å²) in [6, 6.07) is 3.70. The van der Waals surface area contributed by atoms with E-state index in [-0.39, 0.29) is 23.8 Å². The number of alkyl carbamates (subject to hydrolysis) is 1. The van der Waals surface area contributed by atoms with Gasteiger partial charge in [-0.1, -0.05) is 0 Å². The fraction of sp³-hybridized carbons (Fsp3) is 0.444. The molecule has 5 rings (SSSR count). The number of amides is 1. The lowest BCUT2D eigenvalue weighted by atomic mass is 10.1. The van der Waals surface area contributed by atoms with Gasteiger partial charge in [0.15, 0.2) is 5.82 Å². The predicted molar refractivity (Wildman–Crippen MR) is 99.2 cm³/mol. The lowest BCUT2D eigenvalue weighted by molar-refractivity contribution is 0.0675. The van der Waals surface area contributed by atoms with Gasteiger partial charge >= 0.3 is 6.09 Å². The molecule has 0 radical (unpaired) electrons. The highest BCUT2D eigenvalue weighted by molar-refractivity contribution is 5.69. The van der Waals surface area contributed by atoms with Gasteiger partial charge in [-0.3, -0.25) is 9.50 Å². The van der Waals surface area contributed by atoms with E-state index in [1.165, 1.54) is 0 Å². The van der Waals surface area contributed by atoms with Crippen LogP contribution in [-0.2, 0) is 9.47 Å². The number of ether oxygens (including phenoxy) is 2. The lowest BCUT2D eigenvalue weighted by Crippen LogP contribution is -2.37. The van der Waals surface area contributed by atoms with E-state index >= 15 is 0 Å². The minimum Gasteiger partial charge on any atom is -0.444 e. The number of carbonyl (C=O) groups excluding carboxylic acids is 1. The largest absolute Gasteiger partial charge is 0.444 e. The van der Waals surface area contributed by atoms with Crippen molar-refractivity contribution in [3.63, 3.8) is 0 Å². The van der Waals surface area contributed by atoms with Gasteiger partial charge in [-0.15, -0.1) is 0 Å². The first-order valence-electron chi connectivity index (χ1n) is 9.29. The Morgan fingerprint density at radius 1 is 1.39 bits per heavy atom. The van der Waals surface area contributed by atoms with Gasteiger partial charge in [-0.25, -0.2) is 14.8 Å². The molecule has 3 N–H and O–H groups in total. The molecule has 1 saturated carbocycles. The van der Waals surface area contributed by atoms with Crippen molar-refractivity contribution in [2.75, 3.05) is 11.9 Å².